The fourth-order valence-corrected chi connectivity index (χ4v) is 2.77. The van der Waals surface area contributed by atoms with E-state index in [-0.39, 0.29) is 38.2 Å². The first-order valence-electron chi connectivity index (χ1n) is 10.8. The highest BCUT2D eigenvalue weighted by Gasteiger charge is 2.34. The van der Waals surface area contributed by atoms with Crippen molar-refractivity contribution in [1.29, 1.82) is 0 Å². The first kappa shape index (κ1) is 31.5. The molecule has 16 nitrogen and oxygen atoms in total. The lowest BCUT2D eigenvalue weighted by atomic mass is 10.1. The molecule has 0 aliphatic heterocycles. The smallest absolute Gasteiger partial charge is 0.326 e. The summed E-state index contributed by atoms with van der Waals surface area (Å²) < 4.78 is 0. The number of amides is 4. The number of aliphatic carboxylic acids is 1. The minimum Gasteiger partial charge on any atom is -0.480 e. The van der Waals surface area contributed by atoms with E-state index < -0.39 is 66.0 Å². The Bertz CT molecular complexity index is 785. The number of carbonyl (C=O) groups excluding carboxylic acids is 4. The van der Waals surface area contributed by atoms with Gasteiger partial charge >= 0.3 is 5.97 Å². The molecule has 0 aliphatic carbocycles. The molecule has 35 heavy (non-hydrogen) atoms. The minimum absolute atomic E-state index is 0.0477. The first-order chi connectivity index (χ1) is 16.2. The zero-order valence-electron chi connectivity index (χ0n) is 19.6. The summed E-state index contributed by atoms with van der Waals surface area (Å²) in [5.41, 5.74) is 21.0. The second kappa shape index (κ2) is 15.4. The number of hydrogen-bond donors (Lipinski definition) is 10. The molecule has 0 aliphatic rings. The summed E-state index contributed by atoms with van der Waals surface area (Å²) in [4.78, 5) is 63.6. The van der Waals surface area contributed by atoms with E-state index in [1.54, 1.807) is 0 Å². The number of primary amides is 1. The van der Waals surface area contributed by atoms with Gasteiger partial charge in [-0.25, -0.2) is 4.79 Å². The molecule has 0 aromatic carbocycles. The predicted octanol–water partition coefficient (Wildman–Crippen LogP) is -5.07. The second-order valence-electron chi connectivity index (χ2n) is 7.91. The standard InChI is InChI=1S/C19H36N8O8/c1-8(28)13(16(32)25-11(18(34)35)4-3-7-24-19(22)23)27-17(33)14(9(2)29)26-15(31)10(20)5-6-12(21)30/h8-11,13-14,28-29H,3-7,20H2,1-2H3,(H2,21,30)(H,25,32)(H,26,31)(H,27,33)(H,34,35)(H4,22,23,24). The molecule has 14 N–H and O–H groups in total. The van der Waals surface area contributed by atoms with Crippen molar-refractivity contribution in [3.63, 3.8) is 0 Å². The molecule has 0 aromatic heterocycles. The number of nitrogens with zero attached hydrogens (tertiary/aromatic N) is 1. The third-order valence-electron chi connectivity index (χ3n) is 4.72. The Hall–Kier alpha value is -3.50. The van der Waals surface area contributed by atoms with Crippen LogP contribution in [0, 0.1) is 0 Å². The van der Waals surface area contributed by atoms with E-state index >= 15 is 0 Å². The number of carboxylic acid groups (broad SMARTS) is 1. The molecule has 4 amide bonds. The van der Waals surface area contributed by atoms with Crippen molar-refractivity contribution in [1.82, 2.24) is 16.0 Å². The van der Waals surface area contributed by atoms with E-state index in [4.69, 9.17) is 22.9 Å². The highest BCUT2D eigenvalue weighted by molar-refractivity contribution is 5.94. The monoisotopic (exact) mass is 504 g/mol. The Morgan fingerprint density at radius 2 is 1.31 bits per heavy atom. The second-order valence-corrected chi connectivity index (χ2v) is 7.91. The van der Waals surface area contributed by atoms with Crippen LogP contribution >= 0.6 is 0 Å². The van der Waals surface area contributed by atoms with Gasteiger partial charge in [0.05, 0.1) is 18.2 Å². The van der Waals surface area contributed by atoms with Gasteiger partial charge in [0.25, 0.3) is 0 Å². The SMILES string of the molecule is CC(O)C(NC(=O)C(N)CCC(N)=O)C(=O)NC(C(=O)NC(CCCN=C(N)N)C(=O)O)C(C)O. The average Bonchev–Trinajstić information content (AvgIpc) is 2.74. The van der Waals surface area contributed by atoms with Crippen molar-refractivity contribution in [2.75, 3.05) is 6.54 Å². The first-order valence-corrected chi connectivity index (χ1v) is 10.8. The van der Waals surface area contributed by atoms with Gasteiger partial charge in [0.1, 0.15) is 18.1 Å². The lowest BCUT2D eigenvalue weighted by Crippen LogP contribution is -2.61. The van der Waals surface area contributed by atoms with Gasteiger partial charge in [0, 0.05) is 13.0 Å². The lowest BCUT2D eigenvalue weighted by molar-refractivity contribution is -0.143. The van der Waals surface area contributed by atoms with Crippen molar-refractivity contribution in [3.05, 3.63) is 0 Å². The number of carbonyl (C=O) groups is 5. The number of aliphatic hydroxyl groups excluding tert-OH is 2. The highest BCUT2D eigenvalue weighted by atomic mass is 16.4. The third-order valence-corrected chi connectivity index (χ3v) is 4.72. The molecule has 0 spiro atoms. The predicted molar refractivity (Wildman–Crippen MR) is 123 cm³/mol. The van der Waals surface area contributed by atoms with Gasteiger partial charge in [0.15, 0.2) is 5.96 Å². The van der Waals surface area contributed by atoms with Gasteiger partial charge in [-0.15, -0.1) is 0 Å². The topological polar surface area (TPSA) is 299 Å². The number of carboxylic acids is 1. The number of nitrogens with two attached hydrogens (primary N) is 4. The molecule has 0 heterocycles. The number of aliphatic hydroxyl groups is 2. The zero-order valence-corrected chi connectivity index (χ0v) is 19.6. The van der Waals surface area contributed by atoms with Crippen LogP contribution in [0.15, 0.2) is 4.99 Å². The molecule has 0 bridgehead atoms. The van der Waals surface area contributed by atoms with Gasteiger partial charge in [0.2, 0.25) is 23.6 Å². The van der Waals surface area contributed by atoms with E-state index in [0.29, 0.717) is 0 Å². The largest absolute Gasteiger partial charge is 0.480 e. The van der Waals surface area contributed by atoms with Gasteiger partial charge in [-0.05, 0) is 33.1 Å². The summed E-state index contributed by atoms with van der Waals surface area (Å²) in [5.74, 6) is -5.14. The summed E-state index contributed by atoms with van der Waals surface area (Å²) in [6, 6.07) is -5.78. The van der Waals surface area contributed by atoms with E-state index in [1.165, 1.54) is 13.8 Å². The average molecular weight is 505 g/mol. The molecule has 6 unspecified atom stereocenters. The molecule has 0 fully saturated rings. The number of rotatable bonds is 16. The van der Waals surface area contributed by atoms with Crippen molar-refractivity contribution < 1.29 is 39.3 Å². The van der Waals surface area contributed by atoms with Crippen LogP contribution in [0.1, 0.15) is 39.5 Å². The maximum atomic E-state index is 12.7. The molecule has 0 saturated carbocycles. The molecular formula is C19H36N8O8. The Balaban J connectivity index is 5.28. The van der Waals surface area contributed by atoms with Crippen LogP contribution < -0.4 is 38.9 Å². The summed E-state index contributed by atoms with van der Waals surface area (Å²) in [5, 5.41) is 35.9. The van der Waals surface area contributed by atoms with Crippen LogP contribution in [-0.2, 0) is 24.0 Å². The molecule has 0 rings (SSSR count). The Morgan fingerprint density at radius 3 is 1.74 bits per heavy atom. The van der Waals surface area contributed by atoms with E-state index in [1.807, 2.05) is 0 Å². The fourth-order valence-electron chi connectivity index (χ4n) is 2.77. The Morgan fingerprint density at radius 1 is 0.829 bits per heavy atom. The fraction of sp³-hybridized carbons (Fsp3) is 0.684. The van der Waals surface area contributed by atoms with E-state index in [9.17, 15) is 39.3 Å². The number of hydrogen-bond acceptors (Lipinski definition) is 9. The van der Waals surface area contributed by atoms with Crippen molar-refractivity contribution in [3.8, 4) is 0 Å². The molecule has 200 valence electrons. The molecular weight excluding hydrogens is 468 g/mol. The number of nitrogens with one attached hydrogen (secondary N) is 3. The van der Waals surface area contributed by atoms with Crippen LogP contribution in [0.3, 0.4) is 0 Å². The summed E-state index contributed by atoms with van der Waals surface area (Å²) in [7, 11) is 0. The van der Waals surface area contributed by atoms with Crippen LogP contribution in [-0.4, -0.2) is 93.8 Å². The molecule has 0 saturated heterocycles. The molecule has 16 heteroatoms. The zero-order chi connectivity index (χ0) is 27.3. The van der Waals surface area contributed by atoms with Crippen LogP contribution in [0.5, 0.6) is 0 Å². The van der Waals surface area contributed by atoms with Gasteiger partial charge in [-0.3, -0.25) is 24.2 Å². The molecule has 0 aromatic rings. The van der Waals surface area contributed by atoms with E-state index in [2.05, 4.69) is 20.9 Å². The normalized spacial score (nSPS) is 15.9. The summed E-state index contributed by atoms with van der Waals surface area (Å²) in [6.07, 6.45) is -3.03. The van der Waals surface area contributed by atoms with Crippen molar-refractivity contribution in [2.24, 2.45) is 27.9 Å². The van der Waals surface area contributed by atoms with Crippen LogP contribution in [0.2, 0.25) is 0 Å². The molecule has 0 radical (unpaired) electrons. The van der Waals surface area contributed by atoms with Crippen LogP contribution in [0.4, 0.5) is 0 Å². The molecule has 6 atom stereocenters. The lowest BCUT2D eigenvalue weighted by Gasteiger charge is -2.27. The summed E-state index contributed by atoms with van der Waals surface area (Å²) >= 11 is 0. The Kier molecular flexibility index (Phi) is 13.9. The Labute approximate surface area is 201 Å². The maximum absolute atomic E-state index is 12.7. The third kappa shape index (κ3) is 12.5. The quantitative estimate of drug-likeness (QED) is 0.0538. The van der Waals surface area contributed by atoms with Gasteiger partial charge in [-0.2, -0.15) is 0 Å². The van der Waals surface area contributed by atoms with Gasteiger partial charge in [-0.1, -0.05) is 0 Å². The maximum Gasteiger partial charge on any atom is 0.326 e. The van der Waals surface area contributed by atoms with Crippen molar-refractivity contribution in [2.45, 2.75) is 75.9 Å². The van der Waals surface area contributed by atoms with Gasteiger partial charge < -0.3 is 54.2 Å². The minimum atomic E-state index is -1.62. The number of guanidine groups is 1. The highest BCUT2D eigenvalue weighted by Crippen LogP contribution is 2.04. The van der Waals surface area contributed by atoms with Crippen molar-refractivity contribution >= 4 is 35.6 Å². The number of aliphatic imine (C=N–C) groups is 1. The van der Waals surface area contributed by atoms with E-state index in [0.717, 1.165) is 0 Å². The summed E-state index contributed by atoms with van der Waals surface area (Å²) in [6.45, 7) is 2.48. The van der Waals surface area contributed by atoms with Crippen LogP contribution in [0.25, 0.3) is 0 Å².